The molecule has 1 aromatic carbocycles. The molecule has 1 amide bonds. The Morgan fingerprint density at radius 2 is 2.00 bits per heavy atom. The lowest BCUT2D eigenvalue weighted by Gasteiger charge is -2.08. The number of nitrogens with one attached hydrogen (secondary N) is 1. The van der Waals surface area contributed by atoms with Gasteiger partial charge in [0.1, 0.15) is 0 Å². The summed E-state index contributed by atoms with van der Waals surface area (Å²) in [6.07, 6.45) is 0. The Labute approximate surface area is 93.2 Å². The number of hydrogen-bond donors (Lipinski definition) is 1. The van der Waals surface area contributed by atoms with E-state index < -0.39 is 10.7 Å². The molecular formula is C10H11Cl2NO. The van der Waals surface area contributed by atoms with Crippen LogP contribution in [0.2, 0.25) is 0 Å². The van der Waals surface area contributed by atoms with Gasteiger partial charge in [0.2, 0.25) is 0 Å². The molecule has 0 heterocycles. The number of benzene rings is 1. The first kappa shape index (κ1) is 11.3. The second kappa shape index (κ2) is 4.67. The molecule has 0 saturated heterocycles. The molecule has 0 aliphatic rings. The van der Waals surface area contributed by atoms with Crippen molar-refractivity contribution in [3.05, 3.63) is 29.3 Å². The normalized spacial score (nSPS) is 10.4. The summed E-state index contributed by atoms with van der Waals surface area (Å²) in [5.41, 5.74) is 2.88. The van der Waals surface area contributed by atoms with E-state index in [0.717, 1.165) is 16.8 Å². The third kappa shape index (κ3) is 2.89. The summed E-state index contributed by atoms with van der Waals surface area (Å²) in [4.78, 5) is 10.1. The van der Waals surface area contributed by atoms with Crippen LogP contribution < -0.4 is 5.32 Å². The van der Waals surface area contributed by atoms with Gasteiger partial charge < -0.3 is 5.32 Å². The molecule has 0 aliphatic heterocycles. The topological polar surface area (TPSA) is 29.1 Å². The summed E-state index contributed by atoms with van der Waals surface area (Å²) in [5.74, 6) is -0.403. The van der Waals surface area contributed by atoms with Crippen molar-refractivity contribution in [2.45, 2.75) is 18.7 Å². The average Bonchev–Trinajstić information content (AvgIpc) is 2.09. The van der Waals surface area contributed by atoms with Crippen LogP contribution in [0, 0.1) is 13.8 Å². The summed E-state index contributed by atoms with van der Waals surface area (Å²) in [5, 5.41) is 2.63. The van der Waals surface area contributed by atoms with Crippen molar-refractivity contribution >= 4 is 34.8 Å². The van der Waals surface area contributed by atoms with E-state index >= 15 is 0 Å². The number of aryl methyl sites for hydroxylation is 2. The van der Waals surface area contributed by atoms with Crippen LogP contribution in [-0.2, 0) is 4.79 Å². The fourth-order valence-electron chi connectivity index (χ4n) is 1.14. The predicted molar refractivity (Wildman–Crippen MR) is 60.0 cm³/mol. The molecule has 0 spiro atoms. The summed E-state index contributed by atoms with van der Waals surface area (Å²) in [6, 6.07) is 5.73. The van der Waals surface area contributed by atoms with Gasteiger partial charge in [-0.05, 0) is 25.5 Å². The Balaban J connectivity index is 2.82. The summed E-state index contributed by atoms with van der Waals surface area (Å²) in [6.45, 7) is 3.91. The van der Waals surface area contributed by atoms with E-state index in [1.807, 2.05) is 32.0 Å². The van der Waals surface area contributed by atoms with E-state index in [1.165, 1.54) is 0 Å². The highest BCUT2D eigenvalue weighted by atomic mass is 35.5. The van der Waals surface area contributed by atoms with Crippen molar-refractivity contribution in [2.24, 2.45) is 0 Å². The largest absolute Gasteiger partial charge is 0.323 e. The number of carbonyl (C=O) groups excluding carboxylic acids is 1. The molecule has 0 aliphatic carbocycles. The molecule has 0 radical (unpaired) electrons. The zero-order chi connectivity index (χ0) is 10.7. The van der Waals surface area contributed by atoms with Crippen LogP contribution >= 0.6 is 23.2 Å². The van der Waals surface area contributed by atoms with Crippen molar-refractivity contribution in [1.82, 2.24) is 0 Å². The first-order valence-electron chi connectivity index (χ1n) is 4.17. The van der Waals surface area contributed by atoms with Gasteiger partial charge >= 0.3 is 0 Å². The Hall–Kier alpha value is -0.730. The second-order valence-corrected chi connectivity index (χ2v) is 4.20. The van der Waals surface area contributed by atoms with E-state index in [1.54, 1.807) is 0 Å². The molecule has 0 bridgehead atoms. The predicted octanol–water partition coefficient (Wildman–Crippen LogP) is 3.05. The van der Waals surface area contributed by atoms with Gasteiger partial charge in [-0.1, -0.05) is 40.9 Å². The van der Waals surface area contributed by atoms with E-state index in [2.05, 4.69) is 5.32 Å². The Bertz CT molecular complexity index is 350. The minimum Gasteiger partial charge on any atom is -0.323 e. The third-order valence-corrected chi connectivity index (χ3v) is 2.23. The SMILES string of the molecule is Cc1ccc(NC(=O)C(Cl)Cl)c(C)c1. The van der Waals surface area contributed by atoms with Gasteiger partial charge in [-0.2, -0.15) is 0 Å². The first-order valence-corrected chi connectivity index (χ1v) is 5.04. The van der Waals surface area contributed by atoms with Gasteiger partial charge in [0.05, 0.1) is 0 Å². The Morgan fingerprint density at radius 3 is 2.50 bits per heavy atom. The minimum atomic E-state index is -1.03. The van der Waals surface area contributed by atoms with Crippen LogP contribution in [-0.4, -0.2) is 10.7 Å². The van der Waals surface area contributed by atoms with Gasteiger partial charge in [-0.15, -0.1) is 0 Å². The lowest BCUT2D eigenvalue weighted by molar-refractivity contribution is -0.114. The highest BCUT2D eigenvalue weighted by Gasteiger charge is 2.12. The quantitative estimate of drug-likeness (QED) is 0.780. The number of halogens is 2. The lowest BCUT2D eigenvalue weighted by atomic mass is 10.1. The van der Waals surface area contributed by atoms with E-state index in [9.17, 15) is 4.79 Å². The molecule has 1 N–H and O–H groups in total. The monoisotopic (exact) mass is 231 g/mol. The number of amides is 1. The van der Waals surface area contributed by atoms with Crippen molar-refractivity contribution in [3.8, 4) is 0 Å². The number of carbonyl (C=O) groups is 1. The van der Waals surface area contributed by atoms with Crippen molar-refractivity contribution in [1.29, 1.82) is 0 Å². The van der Waals surface area contributed by atoms with Crippen molar-refractivity contribution < 1.29 is 4.79 Å². The number of rotatable bonds is 2. The van der Waals surface area contributed by atoms with Gasteiger partial charge in [-0.25, -0.2) is 0 Å². The number of alkyl halides is 2. The number of anilines is 1. The minimum absolute atomic E-state index is 0.403. The molecule has 1 rings (SSSR count). The van der Waals surface area contributed by atoms with Crippen LogP contribution in [0.3, 0.4) is 0 Å². The molecule has 0 atom stereocenters. The molecule has 14 heavy (non-hydrogen) atoms. The summed E-state index contributed by atoms with van der Waals surface area (Å²) < 4.78 is 0. The van der Waals surface area contributed by atoms with Crippen LogP contribution in [0.4, 0.5) is 5.69 Å². The third-order valence-electron chi connectivity index (χ3n) is 1.84. The number of hydrogen-bond acceptors (Lipinski definition) is 1. The van der Waals surface area contributed by atoms with E-state index in [0.29, 0.717) is 0 Å². The van der Waals surface area contributed by atoms with Crippen molar-refractivity contribution in [2.75, 3.05) is 5.32 Å². The first-order chi connectivity index (χ1) is 6.50. The van der Waals surface area contributed by atoms with Crippen LogP contribution in [0.5, 0.6) is 0 Å². The maximum Gasteiger partial charge on any atom is 0.257 e. The van der Waals surface area contributed by atoms with Crippen LogP contribution in [0.1, 0.15) is 11.1 Å². The molecule has 0 saturated carbocycles. The molecule has 76 valence electrons. The highest BCUT2D eigenvalue weighted by molar-refractivity contribution is 6.54. The molecule has 4 heteroatoms. The van der Waals surface area contributed by atoms with Gasteiger partial charge in [0.25, 0.3) is 5.91 Å². The van der Waals surface area contributed by atoms with E-state index in [4.69, 9.17) is 23.2 Å². The molecule has 0 unspecified atom stereocenters. The van der Waals surface area contributed by atoms with Gasteiger partial charge in [0, 0.05) is 5.69 Å². The molecule has 0 fully saturated rings. The van der Waals surface area contributed by atoms with Crippen LogP contribution in [0.15, 0.2) is 18.2 Å². The van der Waals surface area contributed by atoms with Gasteiger partial charge in [-0.3, -0.25) is 4.79 Å². The fraction of sp³-hybridized carbons (Fsp3) is 0.300. The second-order valence-electron chi connectivity index (χ2n) is 3.11. The average molecular weight is 232 g/mol. The maximum atomic E-state index is 11.2. The lowest BCUT2D eigenvalue weighted by Crippen LogP contribution is -2.19. The molecule has 1 aromatic rings. The van der Waals surface area contributed by atoms with Crippen molar-refractivity contribution in [3.63, 3.8) is 0 Å². The summed E-state index contributed by atoms with van der Waals surface area (Å²) >= 11 is 10.8. The van der Waals surface area contributed by atoms with E-state index in [-0.39, 0.29) is 0 Å². The standard InChI is InChI=1S/C10H11Cl2NO/c1-6-3-4-8(7(2)5-6)13-10(14)9(11)12/h3-5,9H,1-2H3,(H,13,14). The smallest absolute Gasteiger partial charge is 0.257 e. The molecule has 0 aromatic heterocycles. The fourth-order valence-corrected chi connectivity index (χ4v) is 1.25. The Morgan fingerprint density at radius 1 is 1.36 bits per heavy atom. The maximum absolute atomic E-state index is 11.2. The van der Waals surface area contributed by atoms with Gasteiger partial charge in [0.15, 0.2) is 4.84 Å². The zero-order valence-corrected chi connectivity index (χ0v) is 9.49. The molecular weight excluding hydrogens is 221 g/mol. The molecule has 2 nitrogen and oxygen atoms in total. The Kier molecular flexibility index (Phi) is 3.78. The van der Waals surface area contributed by atoms with Crippen LogP contribution in [0.25, 0.3) is 0 Å². The highest BCUT2D eigenvalue weighted by Crippen LogP contribution is 2.17. The zero-order valence-electron chi connectivity index (χ0n) is 7.97. The summed E-state index contributed by atoms with van der Waals surface area (Å²) in [7, 11) is 0.